The second-order valence-corrected chi connectivity index (χ2v) is 11.4. The molecule has 0 saturated carbocycles. The van der Waals surface area contributed by atoms with Crippen molar-refractivity contribution in [2.75, 3.05) is 30.3 Å². The molecular weight excluding hydrogens is 595 g/mol. The molecule has 1 spiro atoms. The van der Waals surface area contributed by atoms with Crippen molar-refractivity contribution in [1.29, 1.82) is 0 Å². The van der Waals surface area contributed by atoms with Gasteiger partial charge in [0.25, 0.3) is 0 Å². The number of nitrogen functional groups attached to an aromatic ring is 1. The second kappa shape index (κ2) is 12.5. The molecule has 0 bridgehead atoms. The first-order valence-corrected chi connectivity index (χ1v) is 14.8. The summed E-state index contributed by atoms with van der Waals surface area (Å²) in [6.07, 6.45) is -3.36. The number of halogens is 3. The highest BCUT2D eigenvalue weighted by atomic mass is 19.4. The molecule has 3 atom stereocenters. The number of nitrogens with two attached hydrogens (primary N) is 1. The molecule has 242 valence electrons. The minimum absolute atomic E-state index is 0.0424. The fraction of sp³-hybridized carbons (Fsp3) is 0.500. The van der Waals surface area contributed by atoms with Crippen LogP contribution >= 0.6 is 0 Å². The van der Waals surface area contributed by atoms with E-state index >= 15 is 0 Å². The number of anilines is 2. The Morgan fingerprint density at radius 3 is 2.51 bits per heavy atom. The van der Waals surface area contributed by atoms with Crippen molar-refractivity contribution in [2.45, 2.75) is 70.8 Å². The third kappa shape index (κ3) is 6.67. The van der Waals surface area contributed by atoms with Gasteiger partial charge < -0.3 is 30.5 Å². The molecule has 4 N–H and O–H groups in total. The Morgan fingerprint density at radius 2 is 1.91 bits per heavy atom. The standard InChI is InChI=1S/C30H36F3N7O5/c1-4-22-29(16-20(35-22)26(41)42)9-12-39(13-10-29)23-15-24(37-28(34)36-23)45-25(30(31,32)33)19-14-18(27(43)44-5-2)6-7-21(19)40-11-8-17(3)38-40/h6-8,11,14-15,20,22,25,35H,4-5,9-10,12-13,16H2,1-3H3,(H,41,42)(H2,34,36,37)/t20?,22?,25-/m1/s1. The van der Waals surface area contributed by atoms with Gasteiger partial charge in [0.05, 0.1) is 23.6 Å². The first kappa shape index (κ1) is 32.0. The minimum atomic E-state index is -4.94. The van der Waals surface area contributed by atoms with Gasteiger partial charge in [-0.15, -0.1) is 0 Å². The first-order valence-electron chi connectivity index (χ1n) is 14.8. The predicted molar refractivity (Wildman–Crippen MR) is 157 cm³/mol. The molecule has 12 nitrogen and oxygen atoms in total. The van der Waals surface area contributed by atoms with Crippen LogP contribution < -0.4 is 20.7 Å². The molecule has 4 heterocycles. The summed E-state index contributed by atoms with van der Waals surface area (Å²) in [5.41, 5.74) is 5.92. The first-order chi connectivity index (χ1) is 21.3. The molecule has 15 heteroatoms. The van der Waals surface area contributed by atoms with Gasteiger partial charge in [-0.3, -0.25) is 4.79 Å². The maximum Gasteiger partial charge on any atom is 0.429 e. The highest BCUT2D eigenvalue weighted by molar-refractivity contribution is 5.90. The number of esters is 1. The number of alkyl halides is 3. The number of hydrogen-bond donors (Lipinski definition) is 3. The minimum Gasteiger partial charge on any atom is -0.480 e. The fourth-order valence-electron chi connectivity index (χ4n) is 6.41. The normalized spacial score (nSPS) is 20.3. The number of carbonyl (C=O) groups excluding carboxylic acids is 1. The van der Waals surface area contributed by atoms with Gasteiger partial charge in [-0.2, -0.15) is 28.2 Å². The van der Waals surface area contributed by atoms with Gasteiger partial charge in [0.15, 0.2) is 0 Å². The number of nitrogens with one attached hydrogen (secondary N) is 1. The largest absolute Gasteiger partial charge is 0.480 e. The molecule has 2 unspecified atom stereocenters. The number of piperidine rings is 1. The lowest BCUT2D eigenvalue weighted by Crippen LogP contribution is -2.46. The van der Waals surface area contributed by atoms with Crippen molar-refractivity contribution >= 4 is 23.7 Å². The molecule has 2 aromatic heterocycles. The van der Waals surface area contributed by atoms with Crippen molar-refractivity contribution in [3.63, 3.8) is 0 Å². The topological polar surface area (TPSA) is 158 Å². The zero-order valence-corrected chi connectivity index (χ0v) is 25.2. The zero-order valence-electron chi connectivity index (χ0n) is 25.2. The average Bonchev–Trinajstić information content (AvgIpc) is 3.58. The van der Waals surface area contributed by atoms with Crippen molar-refractivity contribution in [3.05, 3.63) is 53.3 Å². The van der Waals surface area contributed by atoms with Crippen molar-refractivity contribution in [1.82, 2.24) is 25.1 Å². The Morgan fingerprint density at radius 1 is 1.18 bits per heavy atom. The number of carbonyl (C=O) groups is 2. The van der Waals surface area contributed by atoms with Gasteiger partial charge in [-0.05, 0) is 69.2 Å². The van der Waals surface area contributed by atoms with Gasteiger partial charge in [0.2, 0.25) is 17.9 Å². The van der Waals surface area contributed by atoms with Crippen LogP contribution in [-0.2, 0) is 9.53 Å². The number of aromatic nitrogens is 4. The summed E-state index contributed by atoms with van der Waals surface area (Å²) in [7, 11) is 0. The van der Waals surface area contributed by atoms with E-state index in [4.69, 9.17) is 15.2 Å². The summed E-state index contributed by atoms with van der Waals surface area (Å²) in [4.78, 5) is 34.3. The number of aryl methyl sites for hydroxylation is 1. The molecule has 0 radical (unpaired) electrons. The van der Waals surface area contributed by atoms with Gasteiger partial charge in [0, 0.05) is 37.0 Å². The lowest BCUT2D eigenvalue weighted by molar-refractivity contribution is -0.198. The molecular formula is C30H36F3N7O5. The Bertz CT molecular complexity index is 1550. The Kier molecular flexibility index (Phi) is 8.92. The molecule has 0 aliphatic carbocycles. The van der Waals surface area contributed by atoms with Crippen LogP contribution in [0.4, 0.5) is 24.9 Å². The molecule has 1 aromatic carbocycles. The Balaban J connectivity index is 1.45. The lowest BCUT2D eigenvalue weighted by Gasteiger charge is -2.43. The number of hydrogen-bond acceptors (Lipinski definition) is 10. The van der Waals surface area contributed by atoms with Crippen molar-refractivity contribution in [2.24, 2.45) is 5.41 Å². The maximum absolute atomic E-state index is 14.8. The van der Waals surface area contributed by atoms with E-state index in [-0.39, 0.29) is 40.8 Å². The monoisotopic (exact) mass is 631 g/mol. The van der Waals surface area contributed by atoms with Crippen LogP contribution in [0.1, 0.15) is 67.3 Å². The van der Waals surface area contributed by atoms with E-state index in [0.29, 0.717) is 43.9 Å². The van der Waals surface area contributed by atoms with Gasteiger partial charge in [-0.1, -0.05) is 6.92 Å². The number of nitrogens with zero attached hydrogens (tertiary/aromatic N) is 5. The van der Waals surface area contributed by atoms with E-state index in [1.807, 2.05) is 11.8 Å². The van der Waals surface area contributed by atoms with Crippen molar-refractivity contribution < 1.29 is 37.3 Å². The Labute approximate surface area is 257 Å². The van der Waals surface area contributed by atoms with Crippen LogP contribution in [-0.4, -0.2) is 74.7 Å². The van der Waals surface area contributed by atoms with Crippen LogP contribution in [0.3, 0.4) is 0 Å². The summed E-state index contributed by atoms with van der Waals surface area (Å²) in [6, 6.07) is 6.18. The maximum atomic E-state index is 14.8. The molecule has 2 saturated heterocycles. The number of carboxylic acid groups (broad SMARTS) is 1. The second-order valence-electron chi connectivity index (χ2n) is 11.4. The smallest absolute Gasteiger partial charge is 0.429 e. The van der Waals surface area contributed by atoms with E-state index in [9.17, 15) is 27.9 Å². The molecule has 2 fully saturated rings. The fourth-order valence-corrected chi connectivity index (χ4v) is 6.41. The van der Waals surface area contributed by atoms with E-state index in [1.54, 1.807) is 19.9 Å². The average molecular weight is 632 g/mol. The highest BCUT2D eigenvalue weighted by Crippen LogP contribution is 2.46. The van der Waals surface area contributed by atoms with Crippen LogP contribution in [0.2, 0.25) is 0 Å². The molecule has 2 aliphatic rings. The third-order valence-electron chi connectivity index (χ3n) is 8.57. The zero-order chi connectivity index (χ0) is 32.5. The summed E-state index contributed by atoms with van der Waals surface area (Å²) >= 11 is 0. The third-order valence-corrected chi connectivity index (χ3v) is 8.57. The number of rotatable bonds is 9. The van der Waals surface area contributed by atoms with Gasteiger partial charge in [-0.25, -0.2) is 9.48 Å². The summed E-state index contributed by atoms with van der Waals surface area (Å²) < 4.78 is 56.1. The number of benzene rings is 1. The van der Waals surface area contributed by atoms with E-state index in [1.165, 1.54) is 29.1 Å². The molecule has 5 rings (SSSR count). The van der Waals surface area contributed by atoms with Gasteiger partial charge >= 0.3 is 18.1 Å². The molecule has 45 heavy (non-hydrogen) atoms. The SMILES string of the molecule is CCOC(=O)c1ccc(-n2ccc(C)n2)c([C@@H](Oc2cc(N3CCC4(CC3)CC(C(=O)O)NC4CC)nc(N)n2)C(F)(F)F)c1. The van der Waals surface area contributed by atoms with Gasteiger partial charge in [0.1, 0.15) is 11.9 Å². The highest BCUT2D eigenvalue weighted by Gasteiger charge is 2.50. The predicted octanol–water partition coefficient (Wildman–Crippen LogP) is 4.22. The van der Waals surface area contributed by atoms with E-state index < -0.39 is 36.1 Å². The van der Waals surface area contributed by atoms with Crippen LogP contribution in [0.5, 0.6) is 5.88 Å². The van der Waals surface area contributed by atoms with Crippen LogP contribution in [0.15, 0.2) is 36.5 Å². The Hall–Kier alpha value is -4.40. The summed E-state index contributed by atoms with van der Waals surface area (Å²) in [5, 5.41) is 17.1. The quantitative estimate of drug-likeness (QED) is 0.290. The van der Waals surface area contributed by atoms with E-state index in [2.05, 4.69) is 20.4 Å². The van der Waals surface area contributed by atoms with Crippen LogP contribution in [0.25, 0.3) is 5.69 Å². The number of ether oxygens (including phenoxy) is 2. The molecule has 0 amide bonds. The number of aliphatic carboxylic acids is 1. The molecule has 3 aromatic rings. The summed E-state index contributed by atoms with van der Waals surface area (Å²) in [6.45, 7) is 6.35. The number of carboxylic acids is 1. The molecule has 2 aliphatic heterocycles. The lowest BCUT2D eigenvalue weighted by atomic mass is 9.71. The van der Waals surface area contributed by atoms with Crippen molar-refractivity contribution in [3.8, 4) is 11.6 Å². The van der Waals surface area contributed by atoms with Crippen LogP contribution in [0, 0.1) is 12.3 Å². The summed E-state index contributed by atoms with van der Waals surface area (Å²) in [5.74, 6) is -2.03. The van der Waals surface area contributed by atoms with E-state index in [0.717, 1.165) is 12.5 Å².